The molecular weight excluding hydrogens is 421 g/mol. The van der Waals surface area contributed by atoms with Gasteiger partial charge in [-0.3, -0.25) is 4.90 Å². The summed E-state index contributed by atoms with van der Waals surface area (Å²) < 4.78 is 94.1. The lowest BCUT2D eigenvalue weighted by Crippen LogP contribution is -2.53. The number of alkyl halides is 4. The molecule has 160 valence electrons. The fraction of sp³-hybridized carbons (Fsp3) is 0.412. The molecule has 0 amide bonds. The van der Waals surface area contributed by atoms with Gasteiger partial charge in [0.2, 0.25) is 10.0 Å². The minimum absolute atomic E-state index is 0.0837. The Morgan fingerprint density at radius 1 is 1.34 bits per heavy atom. The van der Waals surface area contributed by atoms with E-state index in [2.05, 4.69) is 21.0 Å². The zero-order valence-corrected chi connectivity index (χ0v) is 15.8. The number of rotatable bonds is 6. The van der Waals surface area contributed by atoms with Gasteiger partial charge in [0.15, 0.2) is 11.6 Å². The molecule has 0 spiro atoms. The van der Waals surface area contributed by atoms with Crippen molar-refractivity contribution in [1.82, 2.24) is 14.6 Å². The highest BCUT2D eigenvalue weighted by molar-refractivity contribution is 7.92. The number of nitrogens with one attached hydrogen (secondary N) is 2. The Kier molecular flexibility index (Phi) is 5.88. The van der Waals surface area contributed by atoms with Gasteiger partial charge in [-0.05, 0) is 18.6 Å². The van der Waals surface area contributed by atoms with E-state index in [1.807, 2.05) is 0 Å². The number of aromatic amines is 1. The van der Waals surface area contributed by atoms with Crippen LogP contribution in [0, 0.1) is 5.82 Å². The third-order valence-electron chi connectivity index (χ3n) is 4.50. The molecule has 0 aliphatic carbocycles. The summed E-state index contributed by atoms with van der Waals surface area (Å²) in [6.45, 7) is 3.84. The number of aromatic nitrogens is 1. The molecule has 1 aromatic heterocycles. The Morgan fingerprint density at radius 2 is 2.07 bits per heavy atom. The molecule has 1 fully saturated rings. The van der Waals surface area contributed by atoms with Crippen LogP contribution < -0.4 is 9.46 Å². The third-order valence-corrected chi connectivity index (χ3v) is 5.57. The number of H-pyrrole nitrogens is 1. The molecule has 1 aromatic carbocycles. The van der Waals surface area contributed by atoms with E-state index < -0.39 is 40.2 Å². The maximum Gasteiger partial charge on any atom is 0.573 e. The first-order valence-electron chi connectivity index (χ1n) is 8.54. The highest BCUT2D eigenvalue weighted by Crippen LogP contribution is 2.30. The summed E-state index contributed by atoms with van der Waals surface area (Å²) in [5.74, 6) is -2.10. The van der Waals surface area contributed by atoms with Crippen LogP contribution in [0.15, 0.2) is 30.2 Å². The van der Waals surface area contributed by atoms with Gasteiger partial charge in [-0.25, -0.2) is 21.9 Å². The highest BCUT2D eigenvalue weighted by Gasteiger charge is 2.33. The van der Waals surface area contributed by atoms with Crippen LogP contribution in [0.5, 0.6) is 5.75 Å². The van der Waals surface area contributed by atoms with Crippen LogP contribution in [-0.4, -0.2) is 50.0 Å². The number of halogens is 5. The molecule has 0 saturated carbocycles. The molecule has 3 rings (SSSR count). The van der Waals surface area contributed by atoms with Crippen LogP contribution in [0.2, 0.25) is 0 Å². The molecule has 2 aromatic rings. The summed E-state index contributed by atoms with van der Waals surface area (Å²) in [6, 6.07) is 2.41. The maximum atomic E-state index is 14.1. The normalized spacial score (nSPS) is 21.4. The van der Waals surface area contributed by atoms with Crippen molar-refractivity contribution in [3.8, 4) is 5.75 Å². The van der Waals surface area contributed by atoms with Crippen molar-refractivity contribution < 1.29 is 35.1 Å². The average molecular weight is 439 g/mol. The lowest BCUT2D eigenvalue weighted by Gasteiger charge is -2.34. The minimum Gasteiger partial charge on any atom is -0.403 e. The van der Waals surface area contributed by atoms with Crippen molar-refractivity contribution in [2.24, 2.45) is 0 Å². The summed E-state index contributed by atoms with van der Waals surface area (Å²) >= 11 is 0. The van der Waals surface area contributed by atoms with Crippen LogP contribution in [0.1, 0.15) is 12.1 Å². The molecule has 0 radical (unpaired) electrons. The number of benzene rings is 1. The molecule has 2 N–H and O–H groups in total. The SMILES string of the molecule is C=CS(=O)(=O)NC1CN(Cc2cc3cc(OC(F)(F)F)c(F)cc3[nH]2)CC[C@H]1F. The van der Waals surface area contributed by atoms with Gasteiger partial charge in [0, 0.05) is 47.7 Å². The summed E-state index contributed by atoms with van der Waals surface area (Å²) in [6.07, 6.45) is -6.28. The fourth-order valence-corrected chi connectivity index (χ4v) is 3.97. The Balaban J connectivity index is 1.75. The quantitative estimate of drug-likeness (QED) is 0.679. The van der Waals surface area contributed by atoms with Gasteiger partial charge in [0.05, 0.1) is 6.04 Å². The molecule has 1 saturated heterocycles. The van der Waals surface area contributed by atoms with Gasteiger partial charge >= 0.3 is 6.36 Å². The van der Waals surface area contributed by atoms with Gasteiger partial charge in [-0.15, -0.1) is 13.2 Å². The molecule has 1 aliphatic heterocycles. The predicted molar refractivity (Wildman–Crippen MR) is 95.8 cm³/mol. The Bertz CT molecular complexity index is 1010. The molecule has 12 heteroatoms. The Morgan fingerprint density at radius 3 is 2.72 bits per heavy atom. The van der Waals surface area contributed by atoms with Gasteiger partial charge in [0.25, 0.3) is 0 Å². The first kappa shape index (κ1) is 21.5. The Hall–Kier alpha value is -2.18. The molecule has 1 unspecified atom stereocenters. The fourth-order valence-electron chi connectivity index (χ4n) is 3.23. The van der Waals surface area contributed by atoms with E-state index >= 15 is 0 Å². The zero-order valence-electron chi connectivity index (χ0n) is 15.0. The van der Waals surface area contributed by atoms with E-state index in [1.54, 1.807) is 4.90 Å². The van der Waals surface area contributed by atoms with Gasteiger partial charge in [-0.1, -0.05) is 6.58 Å². The molecule has 29 heavy (non-hydrogen) atoms. The number of sulfonamides is 1. The first-order valence-corrected chi connectivity index (χ1v) is 10.1. The third kappa shape index (κ3) is 5.46. The van der Waals surface area contributed by atoms with Gasteiger partial charge in [0.1, 0.15) is 6.17 Å². The number of hydrogen-bond acceptors (Lipinski definition) is 4. The molecule has 6 nitrogen and oxygen atoms in total. The second kappa shape index (κ2) is 7.92. The van der Waals surface area contributed by atoms with Crippen molar-refractivity contribution >= 4 is 20.9 Å². The summed E-state index contributed by atoms with van der Waals surface area (Å²) in [4.78, 5) is 4.67. The van der Waals surface area contributed by atoms with Crippen molar-refractivity contribution in [2.45, 2.75) is 31.5 Å². The largest absolute Gasteiger partial charge is 0.573 e. The summed E-state index contributed by atoms with van der Waals surface area (Å²) in [5.41, 5.74) is 0.822. The number of likely N-dealkylation sites (tertiary alicyclic amines) is 1. The van der Waals surface area contributed by atoms with Crippen molar-refractivity contribution in [1.29, 1.82) is 0 Å². The zero-order chi connectivity index (χ0) is 21.4. The summed E-state index contributed by atoms with van der Waals surface area (Å²) in [5, 5.41) is 1.01. The van der Waals surface area contributed by atoms with Crippen LogP contribution >= 0.6 is 0 Å². The molecule has 2 heterocycles. The predicted octanol–water partition coefficient (Wildman–Crippen LogP) is 3.18. The van der Waals surface area contributed by atoms with Crippen molar-refractivity contribution in [3.05, 3.63) is 41.7 Å². The first-order chi connectivity index (χ1) is 13.5. The van der Waals surface area contributed by atoms with Crippen molar-refractivity contribution in [2.75, 3.05) is 13.1 Å². The number of nitrogens with zero attached hydrogens (tertiary/aromatic N) is 1. The monoisotopic (exact) mass is 439 g/mol. The van der Waals surface area contributed by atoms with Crippen LogP contribution in [0.3, 0.4) is 0 Å². The lowest BCUT2D eigenvalue weighted by molar-refractivity contribution is -0.275. The van der Waals surface area contributed by atoms with E-state index in [-0.39, 0.29) is 25.0 Å². The lowest BCUT2D eigenvalue weighted by atomic mass is 10.0. The smallest absolute Gasteiger partial charge is 0.403 e. The second-order valence-electron chi connectivity index (χ2n) is 6.69. The van der Waals surface area contributed by atoms with E-state index in [0.29, 0.717) is 23.0 Å². The van der Waals surface area contributed by atoms with E-state index in [0.717, 1.165) is 12.1 Å². The number of fused-ring (bicyclic) bond motifs is 1. The standard InChI is InChI=1S/C17H18F5N3O3S/c1-2-29(26,27)24-15-9-25(4-3-12(15)18)8-11-5-10-6-16(28-17(20,21)22)13(19)7-14(10)23-11/h2,5-7,12,15,23-24H,1,3-4,8-9H2/t12-,15?/m1/s1. The van der Waals surface area contributed by atoms with Gasteiger partial charge in [-0.2, -0.15) is 0 Å². The van der Waals surface area contributed by atoms with Crippen LogP contribution in [-0.2, 0) is 16.6 Å². The maximum absolute atomic E-state index is 14.1. The number of ether oxygens (including phenoxy) is 1. The molecule has 0 bridgehead atoms. The summed E-state index contributed by atoms with van der Waals surface area (Å²) in [7, 11) is -3.80. The van der Waals surface area contributed by atoms with Crippen LogP contribution in [0.4, 0.5) is 22.0 Å². The minimum atomic E-state index is -5.02. The van der Waals surface area contributed by atoms with E-state index in [9.17, 15) is 30.4 Å². The van der Waals surface area contributed by atoms with E-state index in [4.69, 9.17) is 0 Å². The number of piperidine rings is 1. The second-order valence-corrected chi connectivity index (χ2v) is 8.35. The van der Waals surface area contributed by atoms with Crippen molar-refractivity contribution in [3.63, 3.8) is 0 Å². The van der Waals surface area contributed by atoms with E-state index in [1.165, 1.54) is 6.07 Å². The highest BCUT2D eigenvalue weighted by atomic mass is 32.2. The van der Waals surface area contributed by atoms with Crippen LogP contribution in [0.25, 0.3) is 10.9 Å². The molecule has 2 atom stereocenters. The average Bonchev–Trinajstić information content (AvgIpc) is 2.97. The number of hydrogen-bond donors (Lipinski definition) is 2. The topological polar surface area (TPSA) is 74.4 Å². The molecule has 1 aliphatic rings. The molecular formula is C17H18F5N3O3S. The van der Waals surface area contributed by atoms with Gasteiger partial charge < -0.3 is 9.72 Å². The Labute approximate surface area is 163 Å².